The second-order valence-electron chi connectivity index (χ2n) is 13.5. The van der Waals surface area contributed by atoms with Crippen LogP contribution in [0, 0.1) is 47.7 Å². The molecule has 48 heavy (non-hydrogen) atoms. The van der Waals surface area contributed by atoms with Crippen LogP contribution in [0.25, 0.3) is 0 Å². The van der Waals surface area contributed by atoms with Crippen molar-refractivity contribution in [3.05, 3.63) is 105 Å². The van der Waals surface area contributed by atoms with E-state index in [-0.39, 0.29) is 41.1 Å². The van der Waals surface area contributed by atoms with E-state index in [0.717, 1.165) is 22.1 Å². The molecule has 244 valence electrons. The van der Waals surface area contributed by atoms with E-state index in [0.29, 0.717) is 34.0 Å². The van der Waals surface area contributed by atoms with Gasteiger partial charge in [0.1, 0.15) is 17.3 Å². The van der Waals surface area contributed by atoms with E-state index in [1.165, 1.54) is 23.1 Å². The van der Waals surface area contributed by atoms with Gasteiger partial charge in [0, 0.05) is 22.9 Å². The van der Waals surface area contributed by atoms with Gasteiger partial charge in [-0.3, -0.25) is 19.2 Å². The molecule has 2 saturated heterocycles. The molecule has 8 rings (SSSR count). The minimum absolute atomic E-state index is 0.0572. The van der Waals surface area contributed by atoms with Crippen molar-refractivity contribution >= 4 is 58.2 Å². The van der Waals surface area contributed by atoms with Crippen molar-refractivity contribution in [1.29, 1.82) is 0 Å². The molecule has 5 aliphatic rings. The number of halogens is 3. The van der Waals surface area contributed by atoms with E-state index < -0.39 is 52.6 Å². The second-order valence-corrected chi connectivity index (χ2v) is 14.3. The Labute approximate surface area is 285 Å². The third-order valence-electron chi connectivity index (χ3n) is 11.0. The zero-order valence-electron chi connectivity index (χ0n) is 25.9. The lowest BCUT2D eigenvalue weighted by Crippen LogP contribution is -2.51. The number of carbonyl (C=O) groups excluding carboxylic acids is 4. The first-order valence-electron chi connectivity index (χ1n) is 15.7. The summed E-state index contributed by atoms with van der Waals surface area (Å²) in [5, 5.41) is 10.5. The van der Waals surface area contributed by atoms with Crippen LogP contribution >= 0.6 is 23.2 Å². The number of phenols is 1. The number of allylic oxidation sites excluding steroid dienone is 3. The molecule has 1 N–H and O–H groups in total. The van der Waals surface area contributed by atoms with Crippen LogP contribution in [0.15, 0.2) is 78.1 Å². The minimum Gasteiger partial charge on any atom is -0.508 e. The normalized spacial score (nSPS) is 29.1. The van der Waals surface area contributed by atoms with Crippen molar-refractivity contribution in [2.24, 2.45) is 35.0 Å². The summed E-state index contributed by atoms with van der Waals surface area (Å²) in [4.78, 5) is 59.5. The number of anilines is 2. The minimum atomic E-state index is -1.31. The van der Waals surface area contributed by atoms with Crippen LogP contribution < -0.4 is 14.5 Å². The highest BCUT2D eigenvalue weighted by Gasteiger charge is 2.68. The van der Waals surface area contributed by atoms with Crippen molar-refractivity contribution in [2.75, 3.05) is 9.80 Å². The van der Waals surface area contributed by atoms with Crippen molar-refractivity contribution < 1.29 is 33.4 Å². The van der Waals surface area contributed by atoms with Crippen molar-refractivity contribution in [3.63, 3.8) is 0 Å². The van der Waals surface area contributed by atoms with E-state index >= 15 is 0 Å². The van der Waals surface area contributed by atoms with Crippen LogP contribution in [0.5, 0.6) is 11.5 Å². The summed E-state index contributed by atoms with van der Waals surface area (Å²) < 4.78 is 20.2. The van der Waals surface area contributed by atoms with Gasteiger partial charge in [0.2, 0.25) is 23.6 Å². The fraction of sp³-hybridized carbons (Fsp3) is 0.297. The third kappa shape index (κ3) is 4.26. The summed E-state index contributed by atoms with van der Waals surface area (Å²) in [6.45, 7) is 3.60. The Bertz CT molecular complexity index is 2060. The fourth-order valence-corrected chi connectivity index (χ4v) is 9.04. The maximum Gasteiger partial charge on any atom is 0.241 e. The second kappa shape index (κ2) is 10.8. The number of amides is 4. The summed E-state index contributed by atoms with van der Waals surface area (Å²) >= 11 is 12.5. The molecule has 3 fully saturated rings. The van der Waals surface area contributed by atoms with Gasteiger partial charge >= 0.3 is 0 Å². The number of hydrogen-bond acceptors (Lipinski definition) is 6. The SMILES string of the molecule is Cc1ccc(N2C(=O)[C@H]3[C@H](CC=C4[C@H](C5=COc6ccc(O)cc6C5)[C@]5(C)C(=O)N(c6ccc(F)c(Cl)c6)C(=O)[C@@H]5C[C@H]43)C2=O)cc1Cl. The maximum atomic E-state index is 14.6. The summed E-state index contributed by atoms with van der Waals surface area (Å²) in [6, 6.07) is 13.6. The first-order chi connectivity index (χ1) is 22.9. The van der Waals surface area contributed by atoms with Crippen LogP contribution in [-0.4, -0.2) is 28.7 Å². The molecule has 3 aromatic rings. The first kappa shape index (κ1) is 30.8. The summed E-state index contributed by atoms with van der Waals surface area (Å²) in [7, 11) is 0. The van der Waals surface area contributed by atoms with E-state index in [2.05, 4.69) is 0 Å². The Balaban J connectivity index is 1.25. The van der Waals surface area contributed by atoms with Gasteiger partial charge in [0.15, 0.2) is 0 Å². The van der Waals surface area contributed by atoms with Crippen LogP contribution in [-0.2, 0) is 25.6 Å². The lowest BCUT2D eigenvalue weighted by atomic mass is 9.51. The summed E-state index contributed by atoms with van der Waals surface area (Å²) in [6.07, 6.45) is 4.31. The quantitative estimate of drug-likeness (QED) is 0.237. The number of ether oxygens (including phenoxy) is 1. The van der Waals surface area contributed by atoms with Gasteiger partial charge in [-0.15, -0.1) is 0 Å². The molecule has 3 aliphatic heterocycles. The molecule has 3 heterocycles. The number of phenolic OH excluding ortho intramolecular Hbond substituents is 1. The zero-order valence-corrected chi connectivity index (χ0v) is 27.4. The molecule has 0 spiro atoms. The van der Waals surface area contributed by atoms with Gasteiger partial charge in [0.05, 0.1) is 45.8 Å². The van der Waals surface area contributed by atoms with Gasteiger partial charge in [-0.25, -0.2) is 14.2 Å². The van der Waals surface area contributed by atoms with E-state index in [1.54, 1.807) is 43.5 Å². The molecule has 0 aromatic heterocycles. The maximum absolute atomic E-state index is 14.6. The Morgan fingerprint density at radius 1 is 0.896 bits per heavy atom. The lowest BCUT2D eigenvalue weighted by molar-refractivity contribution is -0.132. The standard InChI is InChI=1S/C37H29Cl2FN2O6/c1-17-3-4-20(13-27(17)38)41-33(44)24-8-7-23-25(31(24)35(41)46)15-26-34(45)42(21-5-9-29(40)28(39)14-21)36(47)37(26,2)32(23)19-11-18-12-22(43)6-10-30(18)48-16-19/h3-7,9-10,12-14,16,24-26,31-32,43H,8,11,15H2,1-2H3/t24-,25+,26-,31-,32-,37+/m0/s1. The largest absolute Gasteiger partial charge is 0.508 e. The number of aryl methyl sites for hydroxylation is 1. The Morgan fingerprint density at radius 3 is 2.38 bits per heavy atom. The number of nitrogens with zero attached hydrogens (tertiary/aromatic N) is 2. The topological polar surface area (TPSA) is 104 Å². The van der Waals surface area contributed by atoms with Gasteiger partial charge in [-0.2, -0.15) is 0 Å². The molecule has 2 aliphatic carbocycles. The molecule has 6 atom stereocenters. The van der Waals surface area contributed by atoms with E-state index in [4.69, 9.17) is 27.9 Å². The number of benzene rings is 3. The molecular formula is C37H29Cl2FN2O6. The molecule has 0 bridgehead atoms. The molecule has 3 aromatic carbocycles. The highest BCUT2D eigenvalue weighted by Crippen LogP contribution is 2.63. The Morgan fingerprint density at radius 2 is 1.62 bits per heavy atom. The monoisotopic (exact) mass is 686 g/mol. The van der Waals surface area contributed by atoms with E-state index in [1.807, 2.05) is 13.0 Å². The zero-order chi connectivity index (χ0) is 33.8. The van der Waals surface area contributed by atoms with Crippen LogP contribution in [0.3, 0.4) is 0 Å². The Hall–Kier alpha value is -4.47. The van der Waals surface area contributed by atoms with Crippen LogP contribution in [0.1, 0.15) is 30.9 Å². The molecule has 0 unspecified atom stereocenters. The van der Waals surface area contributed by atoms with Gasteiger partial charge < -0.3 is 9.84 Å². The van der Waals surface area contributed by atoms with Crippen LogP contribution in [0.4, 0.5) is 15.8 Å². The summed E-state index contributed by atoms with van der Waals surface area (Å²) in [5.41, 5.74) is 2.25. The predicted octanol–water partition coefficient (Wildman–Crippen LogP) is 6.93. The molecule has 11 heteroatoms. The molecule has 1 saturated carbocycles. The number of rotatable bonds is 3. The van der Waals surface area contributed by atoms with Crippen molar-refractivity contribution in [3.8, 4) is 11.5 Å². The Kier molecular flexibility index (Phi) is 6.92. The number of imide groups is 2. The smallest absolute Gasteiger partial charge is 0.241 e. The fourth-order valence-electron chi connectivity index (χ4n) is 8.69. The van der Waals surface area contributed by atoms with Gasteiger partial charge in [-0.05, 0) is 92.3 Å². The molecule has 0 radical (unpaired) electrons. The van der Waals surface area contributed by atoms with Crippen LogP contribution in [0.2, 0.25) is 10.0 Å². The van der Waals surface area contributed by atoms with E-state index in [9.17, 15) is 28.7 Å². The van der Waals surface area contributed by atoms with Crippen molar-refractivity contribution in [2.45, 2.75) is 33.1 Å². The number of aromatic hydroxyl groups is 1. The molecule has 8 nitrogen and oxygen atoms in total. The average Bonchev–Trinajstić information content (AvgIpc) is 3.42. The molecule has 4 amide bonds. The highest BCUT2D eigenvalue weighted by molar-refractivity contribution is 6.32. The molecular weight excluding hydrogens is 658 g/mol. The third-order valence-corrected chi connectivity index (χ3v) is 11.7. The predicted molar refractivity (Wildman–Crippen MR) is 176 cm³/mol. The highest BCUT2D eigenvalue weighted by atomic mass is 35.5. The number of fused-ring (bicyclic) bond motifs is 5. The van der Waals surface area contributed by atoms with Crippen molar-refractivity contribution in [1.82, 2.24) is 0 Å². The summed E-state index contributed by atoms with van der Waals surface area (Å²) in [5.74, 6) is -5.22. The van der Waals surface area contributed by atoms with Gasteiger partial charge in [-0.1, -0.05) is 40.9 Å². The lowest BCUT2D eigenvalue weighted by Gasteiger charge is -2.49. The average molecular weight is 688 g/mol. The number of hydrogen-bond donors (Lipinski definition) is 1. The van der Waals surface area contributed by atoms with Gasteiger partial charge in [0.25, 0.3) is 0 Å². The number of carbonyl (C=O) groups is 4. The first-order valence-corrected chi connectivity index (χ1v) is 16.5.